The van der Waals surface area contributed by atoms with Crippen molar-refractivity contribution in [3.63, 3.8) is 0 Å². The van der Waals surface area contributed by atoms with Gasteiger partial charge in [0.2, 0.25) is 0 Å². The number of alkyl carbamates (subject to hydrolysis) is 1. The molecular weight excluding hydrogens is 470 g/mol. The highest BCUT2D eigenvalue weighted by atomic mass is 19.1. The van der Waals surface area contributed by atoms with Crippen LogP contribution in [0.2, 0.25) is 0 Å². The van der Waals surface area contributed by atoms with Gasteiger partial charge in [-0.05, 0) is 61.5 Å². The number of aromatic nitrogens is 1. The summed E-state index contributed by atoms with van der Waals surface area (Å²) in [5.74, 6) is -0.514. The molecule has 8 heteroatoms. The summed E-state index contributed by atoms with van der Waals surface area (Å²) in [6, 6.07) is 17.9. The zero-order valence-electron chi connectivity index (χ0n) is 21.5. The summed E-state index contributed by atoms with van der Waals surface area (Å²) in [4.78, 5) is 16.6. The van der Waals surface area contributed by atoms with E-state index in [1.807, 2.05) is 52.0 Å². The molecule has 6 nitrogen and oxygen atoms in total. The summed E-state index contributed by atoms with van der Waals surface area (Å²) >= 11 is 0. The molecule has 1 aliphatic carbocycles. The number of carbonyl (C=O) groups excluding carboxylic acids is 1. The second-order valence-electron chi connectivity index (χ2n) is 10.4. The third-order valence-electron chi connectivity index (χ3n) is 7.48. The molecule has 5 rings (SSSR count). The Balaban J connectivity index is 1.30. The van der Waals surface area contributed by atoms with Gasteiger partial charge in [0.15, 0.2) is 0 Å². The van der Waals surface area contributed by atoms with Crippen molar-refractivity contribution in [3.8, 4) is 11.1 Å². The molecule has 2 aromatic carbocycles. The standard InChI is InChI=1S/C29H30BFN2O4/c1-28(2)29(3,4)37-30(36-28)20(15-19-13-14-32-17-26(19)31)16-33-27(34)35-18-25-23-11-7-5-9-21(23)22-10-6-8-12-24(22)25/h5-15,17,25H,16,18H2,1-4H3,(H,33,34). The van der Waals surface area contributed by atoms with E-state index in [1.54, 1.807) is 12.1 Å². The topological polar surface area (TPSA) is 69.7 Å². The molecule has 190 valence electrons. The van der Waals surface area contributed by atoms with Gasteiger partial charge in [-0.15, -0.1) is 0 Å². The van der Waals surface area contributed by atoms with E-state index >= 15 is 0 Å². The second kappa shape index (κ2) is 9.76. The van der Waals surface area contributed by atoms with E-state index in [2.05, 4.69) is 34.6 Å². The van der Waals surface area contributed by atoms with Crippen LogP contribution in [0, 0.1) is 5.82 Å². The summed E-state index contributed by atoms with van der Waals surface area (Å²) in [5, 5.41) is 2.80. The summed E-state index contributed by atoms with van der Waals surface area (Å²) in [6.45, 7) is 8.03. The van der Waals surface area contributed by atoms with Gasteiger partial charge in [0.05, 0.1) is 17.4 Å². The lowest BCUT2D eigenvalue weighted by Crippen LogP contribution is -2.41. The number of fused-ring (bicyclic) bond motifs is 3. The van der Waals surface area contributed by atoms with E-state index in [4.69, 9.17) is 14.0 Å². The number of rotatable bonds is 6. The number of pyridine rings is 1. The Hall–Kier alpha value is -3.49. The van der Waals surface area contributed by atoms with E-state index in [0.29, 0.717) is 11.0 Å². The molecule has 0 bridgehead atoms. The first-order valence-corrected chi connectivity index (χ1v) is 12.4. The molecular formula is C29H30BFN2O4. The quantitative estimate of drug-likeness (QED) is 0.435. The highest BCUT2D eigenvalue weighted by Gasteiger charge is 2.52. The van der Waals surface area contributed by atoms with Crippen LogP contribution in [0.5, 0.6) is 0 Å². The SMILES string of the molecule is CC1(C)OB(C(=Cc2ccncc2F)CNC(=O)OCC2c3ccccc3-c3ccccc32)OC1(C)C. The van der Waals surface area contributed by atoms with E-state index < -0.39 is 30.2 Å². The van der Waals surface area contributed by atoms with Crippen molar-refractivity contribution in [1.82, 2.24) is 10.3 Å². The van der Waals surface area contributed by atoms with E-state index in [-0.39, 0.29) is 19.1 Å². The lowest BCUT2D eigenvalue weighted by atomic mass is 9.77. The van der Waals surface area contributed by atoms with Crippen LogP contribution >= 0.6 is 0 Å². The third-order valence-corrected chi connectivity index (χ3v) is 7.48. The van der Waals surface area contributed by atoms with Crippen molar-refractivity contribution in [3.05, 3.63) is 95.0 Å². The average molecular weight is 500 g/mol. The number of carbonyl (C=O) groups is 1. The van der Waals surface area contributed by atoms with Gasteiger partial charge in [-0.2, -0.15) is 0 Å². The Bertz CT molecular complexity index is 1300. The Morgan fingerprint density at radius 1 is 1.03 bits per heavy atom. The fourth-order valence-electron chi connectivity index (χ4n) is 4.72. The Labute approximate surface area is 217 Å². The molecule has 1 N–H and O–H groups in total. The molecule has 1 amide bonds. The predicted molar refractivity (Wildman–Crippen MR) is 141 cm³/mol. The molecule has 1 aromatic heterocycles. The van der Waals surface area contributed by atoms with Crippen molar-refractivity contribution < 1.29 is 23.2 Å². The maximum atomic E-state index is 14.4. The lowest BCUT2D eigenvalue weighted by molar-refractivity contribution is 0.00578. The number of amides is 1. The van der Waals surface area contributed by atoms with Crippen molar-refractivity contribution >= 4 is 19.3 Å². The lowest BCUT2D eigenvalue weighted by Gasteiger charge is -2.32. The fourth-order valence-corrected chi connectivity index (χ4v) is 4.72. The van der Waals surface area contributed by atoms with Gasteiger partial charge in [0.1, 0.15) is 12.4 Å². The van der Waals surface area contributed by atoms with E-state index in [0.717, 1.165) is 28.5 Å². The van der Waals surface area contributed by atoms with Gasteiger partial charge < -0.3 is 19.4 Å². The van der Waals surface area contributed by atoms with Crippen LogP contribution in [0.4, 0.5) is 9.18 Å². The molecule has 0 spiro atoms. The highest BCUT2D eigenvalue weighted by Crippen LogP contribution is 2.44. The molecule has 2 heterocycles. The van der Waals surface area contributed by atoms with Crippen LogP contribution in [0.3, 0.4) is 0 Å². The monoisotopic (exact) mass is 500 g/mol. The van der Waals surface area contributed by atoms with Crippen LogP contribution in [-0.4, -0.2) is 42.5 Å². The minimum Gasteiger partial charge on any atom is -0.449 e. The third kappa shape index (κ3) is 4.91. The number of nitrogens with zero attached hydrogens (tertiary/aromatic N) is 1. The molecule has 2 aliphatic rings. The van der Waals surface area contributed by atoms with Crippen LogP contribution < -0.4 is 5.32 Å². The smallest absolute Gasteiger partial charge is 0.449 e. The molecule has 1 aliphatic heterocycles. The van der Waals surface area contributed by atoms with E-state index in [1.165, 1.54) is 6.20 Å². The van der Waals surface area contributed by atoms with Gasteiger partial charge >= 0.3 is 13.2 Å². The fraction of sp³-hybridized carbons (Fsp3) is 0.310. The summed E-state index contributed by atoms with van der Waals surface area (Å²) in [5.41, 5.74) is 4.33. The van der Waals surface area contributed by atoms with Crippen LogP contribution in [-0.2, 0) is 14.0 Å². The Kier molecular flexibility index (Phi) is 6.64. The van der Waals surface area contributed by atoms with Gasteiger partial charge in [-0.25, -0.2) is 9.18 Å². The number of ether oxygens (including phenoxy) is 1. The molecule has 0 saturated carbocycles. The van der Waals surface area contributed by atoms with Crippen molar-refractivity contribution in [2.24, 2.45) is 0 Å². The van der Waals surface area contributed by atoms with Gasteiger partial charge in [-0.1, -0.05) is 54.6 Å². The highest BCUT2D eigenvalue weighted by molar-refractivity contribution is 6.56. The normalized spacial score (nSPS) is 17.9. The van der Waals surface area contributed by atoms with Gasteiger partial charge in [0.25, 0.3) is 0 Å². The molecule has 0 atom stereocenters. The molecule has 0 radical (unpaired) electrons. The van der Waals surface area contributed by atoms with Gasteiger partial charge in [0, 0.05) is 24.2 Å². The summed E-state index contributed by atoms with van der Waals surface area (Å²) in [6.07, 6.45) is 3.71. The average Bonchev–Trinajstić information content (AvgIpc) is 3.30. The first-order valence-electron chi connectivity index (χ1n) is 12.4. The summed E-state index contributed by atoms with van der Waals surface area (Å²) < 4.78 is 32.4. The van der Waals surface area contributed by atoms with Crippen LogP contribution in [0.15, 0.2) is 72.5 Å². The predicted octanol–water partition coefficient (Wildman–Crippen LogP) is 5.77. The number of hydrogen-bond acceptors (Lipinski definition) is 5. The number of hydrogen-bond donors (Lipinski definition) is 1. The number of nitrogens with one attached hydrogen (secondary N) is 1. The molecule has 1 fully saturated rings. The minimum absolute atomic E-state index is 0.0397. The largest absolute Gasteiger partial charge is 0.492 e. The van der Waals surface area contributed by atoms with Crippen molar-refractivity contribution in [2.45, 2.75) is 44.8 Å². The maximum Gasteiger partial charge on any atom is 0.492 e. The molecule has 37 heavy (non-hydrogen) atoms. The first-order chi connectivity index (χ1) is 17.7. The molecule has 1 saturated heterocycles. The van der Waals surface area contributed by atoms with Crippen molar-refractivity contribution in [2.75, 3.05) is 13.2 Å². The first kappa shape index (κ1) is 25.2. The van der Waals surface area contributed by atoms with Crippen molar-refractivity contribution in [1.29, 1.82) is 0 Å². The molecule has 3 aromatic rings. The number of halogens is 1. The Morgan fingerprint density at radius 3 is 2.22 bits per heavy atom. The zero-order chi connectivity index (χ0) is 26.2. The zero-order valence-corrected chi connectivity index (χ0v) is 21.5. The summed E-state index contributed by atoms with van der Waals surface area (Å²) in [7, 11) is -0.758. The second-order valence-corrected chi connectivity index (χ2v) is 10.4. The Morgan fingerprint density at radius 2 is 1.62 bits per heavy atom. The van der Waals surface area contributed by atoms with Crippen LogP contribution in [0.25, 0.3) is 17.2 Å². The minimum atomic E-state index is -0.758. The van der Waals surface area contributed by atoms with E-state index in [9.17, 15) is 9.18 Å². The maximum absolute atomic E-state index is 14.4. The molecule has 0 unspecified atom stereocenters. The van der Waals surface area contributed by atoms with Crippen LogP contribution in [0.1, 0.15) is 50.3 Å². The van der Waals surface area contributed by atoms with Gasteiger partial charge in [-0.3, -0.25) is 4.98 Å². The number of benzene rings is 2.